The third-order valence-corrected chi connectivity index (χ3v) is 6.43. The molecule has 0 aliphatic carbocycles. The number of nitrogens with zero attached hydrogens (tertiary/aromatic N) is 1. The Labute approximate surface area is 215 Å². The van der Waals surface area contributed by atoms with Gasteiger partial charge in [-0.15, -0.1) is 0 Å². The van der Waals surface area contributed by atoms with Gasteiger partial charge in [0.05, 0.1) is 22.5 Å². The number of nitrogens with one attached hydrogen (secondary N) is 2. The van der Waals surface area contributed by atoms with Crippen molar-refractivity contribution in [1.82, 2.24) is 10.2 Å². The molecule has 2 aromatic carbocycles. The van der Waals surface area contributed by atoms with Gasteiger partial charge < -0.3 is 20.7 Å². The first-order valence-electron chi connectivity index (χ1n) is 11.3. The molecule has 37 heavy (non-hydrogen) atoms. The summed E-state index contributed by atoms with van der Waals surface area (Å²) >= 11 is 5.79. The molecule has 1 saturated heterocycles. The van der Waals surface area contributed by atoms with Crippen molar-refractivity contribution in [3.63, 3.8) is 0 Å². The van der Waals surface area contributed by atoms with E-state index in [1.807, 2.05) is 0 Å². The summed E-state index contributed by atoms with van der Waals surface area (Å²) < 4.78 is 57.7. The average Bonchev–Trinajstić information content (AvgIpc) is 2.87. The van der Waals surface area contributed by atoms with Crippen molar-refractivity contribution < 1.29 is 36.7 Å². The minimum absolute atomic E-state index is 0.0660. The van der Waals surface area contributed by atoms with E-state index in [0.29, 0.717) is 0 Å². The first-order valence-corrected chi connectivity index (χ1v) is 11.6. The number of anilines is 1. The molecule has 0 radical (unpaired) electrons. The van der Waals surface area contributed by atoms with Gasteiger partial charge in [-0.1, -0.05) is 23.7 Å². The number of hydrogen-bond acceptors (Lipinski definition) is 5. The molecule has 13 heteroatoms. The topological polar surface area (TPSA) is 114 Å². The van der Waals surface area contributed by atoms with Crippen LogP contribution in [-0.4, -0.2) is 49.0 Å². The molecule has 0 bridgehead atoms. The number of likely N-dealkylation sites (tertiary alicyclic amines) is 1. The maximum Gasteiger partial charge on any atom is 0.416 e. The Morgan fingerprint density at radius 2 is 1.73 bits per heavy atom. The van der Waals surface area contributed by atoms with Gasteiger partial charge in [0, 0.05) is 30.9 Å². The van der Waals surface area contributed by atoms with Gasteiger partial charge in [0.2, 0.25) is 11.8 Å². The molecule has 2 aromatic rings. The fraction of sp³-hybridized carbons (Fsp3) is 0.375. The molecule has 3 amide bonds. The van der Waals surface area contributed by atoms with Crippen molar-refractivity contribution in [2.24, 2.45) is 11.1 Å². The molecule has 0 spiro atoms. The van der Waals surface area contributed by atoms with Crippen LogP contribution in [0.3, 0.4) is 0 Å². The van der Waals surface area contributed by atoms with Crippen LogP contribution in [0, 0.1) is 11.2 Å². The fourth-order valence-electron chi connectivity index (χ4n) is 3.90. The molecular formula is C24H25ClF4N4O4. The molecule has 4 N–H and O–H groups in total. The van der Waals surface area contributed by atoms with Crippen LogP contribution >= 0.6 is 11.6 Å². The van der Waals surface area contributed by atoms with Crippen LogP contribution in [0.25, 0.3) is 0 Å². The van der Waals surface area contributed by atoms with E-state index in [1.165, 1.54) is 23.1 Å². The summed E-state index contributed by atoms with van der Waals surface area (Å²) in [6, 6.07) is 8.13. The second-order valence-corrected chi connectivity index (χ2v) is 8.94. The minimum atomic E-state index is -4.52. The van der Waals surface area contributed by atoms with Crippen LogP contribution in [0.15, 0.2) is 42.5 Å². The van der Waals surface area contributed by atoms with Crippen LogP contribution in [0.1, 0.15) is 24.0 Å². The quantitative estimate of drug-likeness (QED) is 0.457. The lowest BCUT2D eigenvalue weighted by Crippen LogP contribution is -2.53. The van der Waals surface area contributed by atoms with E-state index < -0.39 is 35.0 Å². The Morgan fingerprint density at radius 1 is 1.08 bits per heavy atom. The molecule has 3 rings (SSSR count). The van der Waals surface area contributed by atoms with Crippen molar-refractivity contribution in [2.45, 2.75) is 25.6 Å². The number of halogens is 5. The van der Waals surface area contributed by atoms with Crippen LogP contribution in [-0.2, 0) is 27.0 Å². The number of alkyl halides is 3. The zero-order valence-corrected chi connectivity index (χ0v) is 20.3. The van der Waals surface area contributed by atoms with Crippen molar-refractivity contribution in [3.8, 4) is 0 Å². The number of rotatable bonds is 7. The Hall–Kier alpha value is -3.38. The zero-order valence-electron chi connectivity index (χ0n) is 19.5. The highest BCUT2D eigenvalue weighted by Crippen LogP contribution is 2.33. The van der Waals surface area contributed by atoms with E-state index in [4.69, 9.17) is 22.1 Å². The van der Waals surface area contributed by atoms with E-state index in [1.54, 1.807) is 0 Å². The lowest BCUT2D eigenvalue weighted by molar-refractivity contribution is -0.142. The van der Waals surface area contributed by atoms with E-state index in [0.717, 1.165) is 24.3 Å². The predicted octanol–water partition coefficient (Wildman–Crippen LogP) is 3.93. The van der Waals surface area contributed by atoms with Crippen molar-refractivity contribution in [1.29, 1.82) is 0 Å². The normalized spacial score (nSPS) is 15.1. The largest absolute Gasteiger partial charge is 0.448 e. The van der Waals surface area contributed by atoms with Crippen molar-refractivity contribution >= 4 is 35.2 Å². The molecule has 1 aliphatic heterocycles. The molecule has 0 atom stereocenters. The van der Waals surface area contributed by atoms with Crippen LogP contribution in [0.4, 0.5) is 28.0 Å². The van der Waals surface area contributed by atoms with Crippen LogP contribution < -0.4 is 16.4 Å². The molecule has 0 saturated carbocycles. The molecule has 8 nitrogen and oxygen atoms in total. The number of amides is 3. The average molecular weight is 545 g/mol. The van der Waals surface area contributed by atoms with E-state index >= 15 is 0 Å². The van der Waals surface area contributed by atoms with Gasteiger partial charge >= 0.3 is 12.3 Å². The number of nitrogens with two attached hydrogens (primary N) is 1. The van der Waals surface area contributed by atoms with Crippen LogP contribution in [0.2, 0.25) is 5.02 Å². The fourth-order valence-corrected chi connectivity index (χ4v) is 4.09. The monoisotopic (exact) mass is 544 g/mol. The summed E-state index contributed by atoms with van der Waals surface area (Å²) in [5.74, 6) is -1.49. The van der Waals surface area contributed by atoms with Crippen molar-refractivity contribution in [3.05, 3.63) is 64.4 Å². The smallest absolute Gasteiger partial charge is 0.416 e. The maximum absolute atomic E-state index is 14.2. The highest BCUT2D eigenvalue weighted by atomic mass is 35.5. The van der Waals surface area contributed by atoms with E-state index in [2.05, 4.69) is 10.6 Å². The molecule has 0 aromatic heterocycles. The maximum atomic E-state index is 14.2. The summed E-state index contributed by atoms with van der Waals surface area (Å²) in [6.45, 7) is -0.388. The predicted molar refractivity (Wildman–Crippen MR) is 127 cm³/mol. The van der Waals surface area contributed by atoms with Gasteiger partial charge in [0.15, 0.2) is 0 Å². The molecule has 1 fully saturated rings. The van der Waals surface area contributed by atoms with Gasteiger partial charge in [-0.05, 0) is 43.2 Å². The van der Waals surface area contributed by atoms with Crippen molar-refractivity contribution in [2.75, 3.05) is 31.6 Å². The highest BCUT2D eigenvalue weighted by molar-refractivity contribution is 6.30. The third-order valence-electron chi connectivity index (χ3n) is 6.14. The van der Waals surface area contributed by atoms with Gasteiger partial charge in [0.25, 0.3) is 0 Å². The summed E-state index contributed by atoms with van der Waals surface area (Å²) in [5.41, 5.74) is 3.53. The molecule has 200 valence electrons. The Bertz CT molecular complexity index is 1140. The summed E-state index contributed by atoms with van der Waals surface area (Å²) in [6.07, 6.45) is -5.23. The Morgan fingerprint density at radius 3 is 2.32 bits per heavy atom. The molecule has 1 aliphatic rings. The van der Waals surface area contributed by atoms with E-state index in [-0.39, 0.29) is 67.8 Å². The Balaban J connectivity index is 1.67. The SMILES string of the molecule is NCC(=O)N1CCC(COC(=O)Nc2ccc(C(F)(F)F)cc2)(C(=O)NCc2cccc(Cl)c2F)CC1. The molecule has 1 heterocycles. The van der Waals surface area contributed by atoms with Gasteiger partial charge in [-0.25, -0.2) is 9.18 Å². The Kier molecular flexibility index (Phi) is 8.98. The minimum Gasteiger partial charge on any atom is -0.448 e. The number of benzene rings is 2. The standard InChI is InChI=1S/C24H25ClF4N4O4/c25-18-3-1-2-15(20(18)26)13-31-21(35)23(8-10-33(11-9-23)19(34)12-30)14-37-22(36)32-17-6-4-16(5-7-17)24(27,28)29/h1-7H,8-14,30H2,(H,31,35)(H,32,36). The lowest BCUT2D eigenvalue weighted by Gasteiger charge is -2.40. The summed E-state index contributed by atoms with van der Waals surface area (Å²) in [7, 11) is 0. The first kappa shape index (κ1) is 28.2. The zero-order chi connectivity index (χ0) is 27.2. The molecule has 0 unspecified atom stereocenters. The first-order chi connectivity index (χ1) is 17.4. The number of carbonyl (C=O) groups is 3. The van der Waals surface area contributed by atoms with Gasteiger partial charge in [0.1, 0.15) is 12.4 Å². The third kappa shape index (κ3) is 7.10. The lowest BCUT2D eigenvalue weighted by atomic mass is 9.78. The second kappa shape index (κ2) is 11.8. The van der Waals surface area contributed by atoms with Gasteiger partial charge in [-0.2, -0.15) is 13.2 Å². The summed E-state index contributed by atoms with van der Waals surface area (Å²) in [5, 5.41) is 4.87. The highest BCUT2D eigenvalue weighted by Gasteiger charge is 2.43. The van der Waals surface area contributed by atoms with Crippen LogP contribution in [0.5, 0.6) is 0 Å². The number of hydrogen-bond donors (Lipinski definition) is 3. The number of ether oxygens (including phenoxy) is 1. The van der Waals surface area contributed by atoms with E-state index in [9.17, 15) is 31.9 Å². The summed E-state index contributed by atoms with van der Waals surface area (Å²) in [4.78, 5) is 39.0. The second-order valence-electron chi connectivity index (χ2n) is 8.54. The molecular weight excluding hydrogens is 520 g/mol. The van der Waals surface area contributed by atoms with Gasteiger partial charge in [-0.3, -0.25) is 14.9 Å². The number of carbonyl (C=O) groups excluding carboxylic acids is 3. The number of piperidine rings is 1.